The van der Waals surface area contributed by atoms with Crippen molar-refractivity contribution in [3.8, 4) is 0 Å². The molecule has 1 heterocycles. The smallest absolute Gasteiger partial charge is 0.133 e. The lowest BCUT2D eigenvalue weighted by Crippen LogP contribution is -2.20. The molecule has 0 aliphatic heterocycles. The third-order valence-corrected chi connectivity index (χ3v) is 5.55. The summed E-state index contributed by atoms with van der Waals surface area (Å²) in [5.74, 6) is 0.981. The van der Waals surface area contributed by atoms with Gasteiger partial charge in [0.2, 0.25) is 0 Å². The van der Waals surface area contributed by atoms with Gasteiger partial charge in [-0.3, -0.25) is 0 Å². The van der Waals surface area contributed by atoms with Crippen LogP contribution in [0.2, 0.25) is 0 Å². The van der Waals surface area contributed by atoms with Crippen molar-refractivity contribution in [3.05, 3.63) is 70.3 Å². The molecule has 1 aromatic heterocycles. The molecule has 3 heteroatoms. The van der Waals surface area contributed by atoms with Crippen LogP contribution in [0.25, 0.3) is 10.8 Å². The highest BCUT2D eigenvalue weighted by atomic mass is 79.9. The monoisotopic (exact) mass is 366 g/mol. The standard InChI is InChI=1S/C20H19BrN2/c1-14-12-22-19(16-8-5-9-17(21)18(14)16)23-13-20(10-11-20)15-6-3-2-4-7-15/h2-9,12H,10-11,13H2,1H3,(H,22,23). The zero-order valence-corrected chi connectivity index (χ0v) is 14.7. The van der Waals surface area contributed by atoms with Crippen molar-refractivity contribution < 1.29 is 0 Å². The fourth-order valence-electron chi connectivity index (χ4n) is 3.32. The maximum Gasteiger partial charge on any atom is 0.133 e. The fraction of sp³-hybridized carbons (Fsp3) is 0.250. The Balaban J connectivity index is 1.65. The molecule has 1 saturated carbocycles. The van der Waals surface area contributed by atoms with Crippen molar-refractivity contribution in [2.24, 2.45) is 0 Å². The summed E-state index contributed by atoms with van der Waals surface area (Å²) in [7, 11) is 0. The van der Waals surface area contributed by atoms with Crippen LogP contribution < -0.4 is 5.32 Å². The number of halogens is 1. The van der Waals surface area contributed by atoms with E-state index in [1.165, 1.54) is 34.7 Å². The molecular weight excluding hydrogens is 348 g/mol. The Bertz CT molecular complexity index is 846. The average Bonchev–Trinajstić information content (AvgIpc) is 3.36. The Hall–Kier alpha value is -1.87. The Morgan fingerprint density at radius 3 is 2.61 bits per heavy atom. The summed E-state index contributed by atoms with van der Waals surface area (Å²) in [6.07, 6.45) is 4.45. The Labute approximate surface area is 145 Å². The maximum atomic E-state index is 4.64. The third kappa shape index (κ3) is 2.63. The molecule has 0 bridgehead atoms. The van der Waals surface area contributed by atoms with Gasteiger partial charge in [-0.1, -0.05) is 58.4 Å². The van der Waals surface area contributed by atoms with Gasteiger partial charge in [-0.15, -0.1) is 0 Å². The molecule has 0 amide bonds. The second-order valence-electron chi connectivity index (χ2n) is 6.45. The summed E-state index contributed by atoms with van der Waals surface area (Å²) in [5.41, 5.74) is 2.92. The first kappa shape index (κ1) is 14.7. The van der Waals surface area contributed by atoms with E-state index in [1.807, 2.05) is 6.20 Å². The van der Waals surface area contributed by atoms with Crippen molar-refractivity contribution in [1.29, 1.82) is 0 Å². The molecule has 23 heavy (non-hydrogen) atoms. The van der Waals surface area contributed by atoms with E-state index in [1.54, 1.807) is 0 Å². The number of anilines is 1. The molecule has 0 radical (unpaired) electrons. The van der Waals surface area contributed by atoms with E-state index in [4.69, 9.17) is 0 Å². The van der Waals surface area contributed by atoms with E-state index in [-0.39, 0.29) is 5.41 Å². The van der Waals surface area contributed by atoms with Crippen LogP contribution in [0.4, 0.5) is 5.82 Å². The molecule has 1 fully saturated rings. The largest absolute Gasteiger partial charge is 0.369 e. The van der Waals surface area contributed by atoms with E-state index < -0.39 is 0 Å². The zero-order chi connectivity index (χ0) is 15.9. The van der Waals surface area contributed by atoms with Crippen LogP contribution in [0.3, 0.4) is 0 Å². The van der Waals surface area contributed by atoms with Gasteiger partial charge in [0.25, 0.3) is 0 Å². The van der Waals surface area contributed by atoms with Gasteiger partial charge < -0.3 is 5.32 Å². The van der Waals surface area contributed by atoms with Crippen molar-refractivity contribution in [1.82, 2.24) is 4.98 Å². The molecule has 0 spiro atoms. The number of aromatic nitrogens is 1. The van der Waals surface area contributed by atoms with Crippen molar-refractivity contribution in [3.63, 3.8) is 0 Å². The summed E-state index contributed by atoms with van der Waals surface area (Å²) < 4.78 is 1.13. The first-order chi connectivity index (χ1) is 11.2. The lowest BCUT2D eigenvalue weighted by atomic mass is 9.96. The molecule has 1 aliphatic rings. The molecule has 0 atom stereocenters. The third-order valence-electron chi connectivity index (χ3n) is 4.88. The lowest BCUT2D eigenvalue weighted by Gasteiger charge is -2.18. The van der Waals surface area contributed by atoms with Crippen LogP contribution in [0, 0.1) is 6.92 Å². The molecule has 1 N–H and O–H groups in total. The van der Waals surface area contributed by atoms with Crippen molar-refractivity contribution in [2.45, 2.75) is 25.2 Å². The van der Waals surface area contributed by atoms with E-state index in [9.17, 15) is 0 Å². The van der Waals surface area contributed by atoms with Crippen molar-refractivity contribution >= 4 is 32.5 Å². The minimum absolute atomic E-state index is 0.284. The summed E-state index contributed by atoms with van der Waals surface area (Å²) in [5, 5.41) is 6.04. The number of nitrogens with zero attached hydrogens (tertiary/aromatic N) is 1. The molecule has 4 rings (SSSR count). The predicted molar refractivity (Wildman–Crippen MR) is 100 cm³/mol. The number of fused-ring (bicyclic) bond motifs is 1. The molecule has 3 aromatic rings. The van der Waals surface area contributed by atoms with Crippen LogP contribution in [-0.4, -0.2) is 11.5 Å². The molecule has 2 aromatic carbocycles. The SMILES string of the molecule is Cc1cnc(NCC2(c3ccccc3)CC2)c2cccc(Br)c12. The normalized spacial score (nSPS) is 15.6. The van der Waals surface area contributed by atoms with E-state index in [2.05, 4.69) is 81.7 Å². The van der Waals surface area contributed by atoms with E-state index >= 15 is 0 Å². The van der Waals surface area contributed by atoms with Gasteiger partial charge in [-0.25, -0.2) is 4.98 Å². The molecular formula is C20H19BrN2. The highest BCUT2D eigenvalue weighted by Crippen LogP contribution is 2.48. The number of aryl methyl sites for hydroxylation is 1. The summed E-state index contributed by atoms with van der Waals surface area (Å²) in [6.45, 7) is 3.05. The van der Waals surface area contributed by atoms with Crippen LogP contribution in [0.1, 0.15) is 24.0 Å². The number of hydrogen-bond donors (Lipinski definition) is 1. The minimum Gasteiger partial charge on any atom is -0.369 e. The van der Waals surface area contributed by atoms with E-state index in [0.29, 0.717) is 0 Å². The topological polar surface area (TPSA) is 24.9 Å². The zero-order valence-electron chi connectivity index (χ0n) is 13.1. The van der Waals surface area contributed by atoms with Gasteiger partial charge in [0, 0.05) is 33.4 Å². The summed E-state index contributed by atoms with van der Waals surface area (Å²) in [6, 6.07) is 17.1. The molecule has 0 unspecified atom stereocenters. The predicted octanol–water partition coefficient (Wildman–Crippen LogP) is 5.45. The first-order valence-electron chi connectivity index (χ1n) is 8.03. The number of hydrogen-bond acceptors (Lipinski definition) is 2. The molecule has 0 saturated heterocycles. The molecule has 2 nitrogen and oxygen atoms in total. The summed E-state index contributed by atoms with van der Waals surface area (Å²) in [4.78, 5) is 4.64. The fourth-order valence-corrected chi connectivity index (χ4v) is 4.00. The first-order valence-corrected chi connectivity index (χ1v) is 8.82. The number of benzene rings is 2. The second-order valence-corrected chi connectivity index (χ2v) is 7.31. The molecule has 116 valence electrons. The minimum atomic E-state index is 0.284. The van der Waals surface area contributed by atoms with Crippen molar-refractivity contribution in [2.75, 3.05) is 11.9 Å². The van der Waals surface area contributed by atoms with Gasteiger partial charge in [0.15, 0.2) is 0 Å². The van der Waals surface area contributed by atoms with Gasteiger partial charge in [0.05, 0.1) is 0 Å². The van der Waals surface area contributed by atoms with Crippen LogP contribution in [0.15, 0.2) is 59.2 Å². The lowest BCUT2D eigenvalue weighted by molar-refractivity contribution is 0.731. The Morgan fingerprint density at radius 2 is 1.87 bits per heavy atom. The van der Waals surface area contributed by atoms with Crippen LogP contribution in [-0.2, 0) is 5.41 Å². The van der Waals surface area contributed by atoms with Gasteiger partial charge in [-0.05, 0) is 37.0 Å². The number of rotatable bonds is 4. The average molecular weight is 367 g/mol. The Morgan fingerprint density at radius 1 is 1.09 bits per heavy atom. The molecule has 1 aliphatic carbocycles. The van der Waals surface area contributed by atoms with Crippen LogP contribution in [0.5, 0.6) is 0 Å². The highest BCUT2D eigenvalue weighted by Gasteiger charge is 2.43. The number of nitrogens with one attached hydrogen (secondary N) is 1. The van der Waals surface area contributed by atoms with Gasteiger partial charge >= 0.3 is 0 Å². The number of pyridine rings is 1. The van der Waals surface area contributed by atoms with Crippen LogP contribution >= 0.6 is 15.9 Å². The van der Waals surface area contributed by atoms with Gasteiger partial charge in [0.1, 0.15) is 5.82 Å². The van der Waals surface area contributed by atoms with Gasteiger partial charge in [-0.2, -0.15) is 0 Å². The summed E-state index contributed by atoms with van der Waals surface area (Å²) >= 11 is 3.67. The second kappa shape index (κ2) is 5.64. The Kier molecular flexibility index (Phi) is 3.61. The van der Waals surface area contributed by atoms with E-state index in [0.717, 1.165) is 16.8 Å². The quantitative estimate of drug-likeness (QED) is 0.663. The highest BCUT2D eigenvalue weighted by molar-refractivity contribution is 9.10. The maximum absolute atomic E-state index is 4.64.